The Morgan fingerprint density at radius 2 is 1.08 bits per heavy atom. The fourth-order valence-electron chi connectivity index (χ4n) is 3.42. The quantitative estimate of drug-likeness (QED) is 0.387. The molecule has 0 N–H and O–H groups in total. The van der Waals surface area contributed by atoms with E-state index in [2.05, 4.69) is 43.1 Å². The highest BCUT2D eigenvalue weighted by Crippen LogP contribution is 2.16. The predicted octanol–water partition coefficient (Wildman–Crippen LogP) is 3.54. The van der Waals surface area contributed by atoms with E-state index >= 15 is 0 Å². The molecule has 0 fully saturated rings. The molecule has 2 nitrogen and oxygen atoms in total. The van der Waals surface area contributed by atoms with Crippen molar-refractivity contribution in [1.82, 2.24) is 9.80 Å². The predicted molar refractivity (Wildman–Crippen MR) is 103 cm³/mol. The van der Waals surface area contributed by atoms with Gasteiger partial charge in [0.15, 0.2) is 0 Å². The normalized spacial score (nSPS) is 16.7. The second-order valence-electron chi connectivity index (χ2n) is 7.43. The summed E-state index contributed by atoms with van der Waals surface area (Å²) in [7, 11) is 2.16. The van der Waals surface area contributed by atoms with E-state index in [1.165, 1.54) is 96.4 Å². The number of hydrogen-bond donors (Lipinski definition) is 0. The highest BCUT2D eigenvalue weighted by molar-refractivity contribution is 4.93. The van der Waals surface area contributed by atoms with Gasteiger partial charge in [0.1, 0.15) is 0 Å². The molecule has 0 aromatic rings. The van der Waals surface area contributed by atoms with E-state index in [-0.39, 0.29) is 17.0 Å². The molecule has 144 valence electrons. The van der Waals surface area contributed by atoms with Crippen LogP contribution in [0.15, 0.2) is 12.4 Å². The maximum absolute atomic E-state index is 2.46. The molecular formula is C21H42BrN2-. The Kier molecular flexibility index (Phi) is 16.2. The average Bonchev–Trinajstić information content (AvgIpc) is 2.87. The standard InChI is InChI=1S/C21H42N2.BrH/c1-4-5-6-7-8-9-10-11-12-13-14-15-16-17-18-23-20-19-22(3)21(23)2;/h19-21H,4-18H2,1-3H3;1H/p-1. The molecule has 1 atom stereocenters. The molecule has 0 radical (unpaired) electrons. The third-order valence-electron chi connectivity index (χ3n) is 5.33. The molecule has 0 aromatic carbocycles. The minimum absolute atomic E-state index is 0. The van der Waals surface area contributed by atoms with Crippen molar-refractivity contribution in [3.05, 3.63) is 12.4 Å². The molecular weight excluding hydrogens is 360 g/mol. The van der Waals surface area contributed by atoms with E-state index in [0.717, 1.165) is 0 Å². The van der Waals surface area contributed by atoms with Crippen molar-refractivity contribution in [2.75, 3.05) is 13.6 Å². The van der Waals surface area contributed by atoms with Crippen LogP contribution in [-0.4, -0.2) is 29.6 Å². The lowest BCUT2D eigenvalue weighted by Gasteiger charge is -2.26. The summed E-state index contributed by atoms with van der Waals surface area (Å²) in [6.45, 7) is 5.80. The van der Waals surface area contributed by atoms with Gasteiger partial charge in [-0.2, -0.15) is 0 Å². The molecule has 0 bridgehead atoms. The van der Waals surface area contributed by atoms with Crippen molar-refractivity contribution in [2.45, 2.75) is 110 Å². The van der Waals surface area contributed by atoms with Crippen molar-refractivity contribution >= 4 is 0 Å². The van der Waals surface area contributed by atoms with Crippen LogP contribution in [0.2, 0.25) is 0 Å². The number of hydrogen-bond acceptors (Lipinski definition) is 2. The van der Waals surface area contributed by atoms with Gasteiger partial charge in [-0.15, -0.1) is 0 Å². The Labute approximate surface area is 162 Å². The SMILES string of the molecule is CCCCCCCCCCCCCCCCN1C=CN(C)C1C.[Br-]. The third-order valence-corrected chi connectivity index (χ3v) is 5.33. The van der Waals surface area contributed by atoms with Gasteiger partial charge in [-0.05, 0) is 13.3 Å². The van der Waals surface area contributed by atoms with Gasteiger partial charge in [0.05, 0.1) is 6.17 Å². The molecule has 24 heavy (non-hydrogen) atoms. The summed E-state index contributed by atoms with van der Waals surface area (Å²) in [6, 6.07) is 0. The first-order valence-electron chi connectivity index (χ1n) is 10.4. The molecule has 1 heterocycles. The molecule has 0 saturated heterocycles. The number of nitrogens with zero attached hydrogens (tertiary/aromatic N) is 2. The highest BCUT2D eigenvalue weighted by Gasteiger charge is 2.17. The van der Waals surface area contributed by atoms with E-state index in [1.807, 2.05) is 0 Å². The highest BCUT2D eigenvalue weighted by atomic mass is 79.9. The lowest BCUT2D eigenvalue weighted by Crippen LogP contribution is -3.00. The lowest BCUT2D eigenvalue weighted by molar-refractivity contribution is -0.00000523. The van der Waals surface area contributed by atoms with Crippen LogP contribution < -0.4 is 17.0 Å². The van der Waals surface area contributed by atoms with E-state index in [9.17, 15) is 0 Å². The van der Waals surface area contributed by atoms with Crippen LogP contribution in [0.5, 0.6) is 0 Å². The topological polar surface area (TPSA) is 6.48 Å². The maximum Gasteiger partial charge on any atom is 0.0974 e. The second kappa shape index (κ2) is 16.3. The average molecular weight is 402 g/mol. The summed E-state index contributed by atoms with van der Waals surface area (Å²) in [4.78, 5) is 4.74. The van der Waals surface area contributed by atoms with Crippen molar-refractivity contribution in [3.8, 4) is 0 Å². The molecule has 1 rings (SSSR count). The first kappa shape index (κ1) is 23.8. The van der Waals surface area contributed by atoms with Crippen LogP contribution in [0.25, 0.3) is 0 Å². The first-order valence-corrected chi connectivity index (χ1v) is 10.4. The Morgan fingerprint density at radius 1 is 0.667 bits per heavy atom. The summed E-state index contributed by atoms with van der Waals surface area (Å²) in [5.41, 5.74) is 0. The Bertz CT molecular complexity index is 294. The van der Waals surface area contributed by atoms with Gasteiger partial charge in [-0.1, -0.05) is 90.4 Å². The van der Waals surface area contributed by atoms with Crippen molar-refractivity contribution < 1.29 is 17.0 Å². The van der Waals surface area contributed by atoms with Crippen molar-refractivity contribution in [3.63, 3.8) is 0 Å². The third kappa shape index (κ3) is 11.4. The van der Waals surface area contributed by atoms with E-state index in [1.54, 1.807) is 0 Å². The fourth-order valence-corrected chi connectivity index (χ4v) is 3.42. The van der Waals surface area contributed by atoms with Crippen LogP contribution in [0.1, 0.15) is 104 Å². The van der Waals surface area contributed by atoms with Gasteiger partial charge in [0.2, 0.25) is 0 Å². The van der Waals surface area contributed by atoms with Crippen LogP contribution in [-0.2, 0) is 0 Å². The Hall–Kier alpha value is -0.180. The van der Waals surface area contributed by atoms with E-state index < -0.39 is 0 Å². The van der Waals surface area contributed by atoms with Crippen LogP contribution in [0.4, 0.5) is 0 Å². The molecule has 0 amide bonds. The summed E-state index contributed by atoms with van der Waals surface area (Å²) in [5.74, 6) is 0. The molecule has 1 unspecified atom stereocenters. The number of rotatable bonds is 15. The van der Waals surface area contributed by atoms with E-state index in [4.69, 9.17) is 0 Å². The Balaban J connectivity index is 0.00000529. The minimum atomic E-state index is 0. The lowest BCUT2D eigenvalue weighted by atomic mass is 10.0. The fraction of sp³-hybridized carbons (Fsp3) is 0.905. The smallest absolute Gasteiger partial charge is 0.0974 e. The van der Waals surface area contributed by atoms with Gasteiger partial charge >= 0.3 is 0 Å². The zero-order valence-corrected chi connectivity index (χ0v) is 18.2. The first-order chi connectivity index (χ1) is 11.3. The maximum atomic E-state index is 2.46. The van der Waals surface area contributed by atoms with Crippen LogP contribution >= 0.6 is 0 Å². The summed E-state index contributed by atoms with van der Waals surface area (Å²) >= 11 is 0. The molecule has 1 aliphatic rings. The zero-order chi connectivity index (χ0) is 16.8. The Morgan fingerprint density at radius 3 is 1.46 bits per heavy atom. The molecule has 0 saturated carbocycles. The number of unbranched alkanes of at least 4 members (excludes halogenated alkanes) is 13. The van der Waals surface area contributed by atoms with Crippen LogP contribution in [0.3, 0.4) is 0 Å². The molecule has 3 heteroatoms. The summed E-state index contributed by atoms with van der Waals surface area (Å²) in [6.07, 6.45) is 25.1. The van der Waals surface area contributed by atoms with Gasteiger partial charge in [0, 0.05) is 26.0 Å². The monoisotopic (exact) mass is 401 g/mol. The summed E-state index contributed by atoms with van der Waals surface area (Å²) in [5, 5.41) is 0. The summed E-state index contributed by atoms with van der Waals surface area (Å²) < 4.78 is 0. The van der Waals surface area contributed by atoms with Crippen molar-refractivity contribution in [1.29, 1.82) is 0 Å². The van der Waals surface area contributed by atoms with Gasteiger partial charge in [-0.3, -0.25) is 0 Å². The molecule has 0 aliphatic carbocycles. The molecule has 0 spiro atoms. The molecule has 0 aromatic heterocycles. The zero-order valence-electron chi connectivity index (χ0n) is 16.6. The van der Waals surface area contributed by atoms with Gasteiger partial charge in [-0.25, -0.2) is 0 Å². The molecule has 1 aliphatic heterocycles. The van der Waals surface area contributed by atoms with Crippen LogP contribution in [0, 0.1) is 0 Å². The van der Waals surface area contributed by atoms with E-state index in [0.29, 0.717) is 6.17 Å². The largest absolute Gasteiger partial charge is 1.00 e. The minimum Gasteiger partial charge on any atom is -1.00 e. The van der Waals surface area contributed by atoms with Gasteiger partial charge < -0.3 is 26.8 Å². The van der Waals surface area contributed by atoms with Crippen molar-refractivity contribution in [2.24, 2.45) is 0 Å². The van der Waals surface area contributed by atoms with Gasteiger partial charge in [0.25, 0.3) is 0 Å². The second-order valence-corrected chi connectivity index (χ2v) is 7.43. The number of halogens is 1.